The second-order valence-electron chi connectivity index (χ2n) is 5.97. The first-order chi connectivity index (χ1) is 12.0. The molecule has 1 atom stereocenters. The number of hydrogen-bond donors (Lipinski definition) is 1. The maximum Gasteiger partial charge on any atom is 0.255 e. The molecule has 0 aliphatic rings. The highest BCUT2D eigenvalue weighted by molar-refractivity contribution is 5.97. The maximum atomic E-state index is 12.7. The second kappa shape index (κ2) is 8.42. The number of methoxy groups -OCH3 is 2. The number of carbonyl (C=O) groups is 1. The maximum absolute atomic E-state index is 12.7. The SMILES string of the molecule is COc1ccc(OC)c([C@H](C)NC(=O)c2ccccc2OC(C)C)c1. The normalized spacial score (nSPS) is 11.8. The predicted molar refractivity (Wildman–Crippen MR) is 97.6 cm³/mol. The minimum atomic E-state index is -0.260. The Bertz CT molecular complexity index is 727. The van der Waals surface area contributed by atoms with Crippen LogP contribution in [0.4, 0.5) is 0 Å². The molecule has 0 fully saturated rings. The Kier molecular flexibility index (Phi) is 6.28. The molecule has 0 heterocycles. The van der Waals surface area contributed by atoms with Gasteiger partial charge in [-0.05, 0) is 51.1 Å². The van der Waals surface area contributed by atoms with E-state index >= 15 is 0 Å². The van der Waals surface area contributed by atoms with Crippen LogP contribution in [0.15, 0.2) is 42.5 Å². The lowest BCUT2D eigenvalue weighted by atomic mass is 10.1. The van der Waals surface area contributed by atoms with Gasteiger partial charge in [0.2, 0.25) is 0 Å². The Labute approximate surface area is 148 Å². The van der Waals surface area contributed by atoms with E-state index in [-0.39, 0.29) is 18.1 Å². The van der Waals surface area contributed by atoms with E-state index in [1.807, 2.05) is 51.1 Å². The van der Waals surface area contributed by atoms with Crippen LogP contribution in [0.25, 0.3) is 0 Å². The largest absolute Gasteiger partial charge is 0.497 e. The van der Waals surface area contributed by atoms with Gasteiger partial charge >= 0.3 is 0 Å². The van der Waals surface area contributed by atoms with Gasteiger partial charge in [0.15, 0.2) is 0 Å². The summed E-state index contributed by atoms with van der Waals surface area (Å²) >= 11 is 0. The van der Waals surface area contributed by atoms with Crippen molar-refractivity contribution in [3.8, 4) is 17.2 Å². The Morgan fingerprint density at radius 2 is 1.68 bits per heavy atom. The molecule has 0 spiro atoms. The summed E-state index contributed by atoms with van der Waals surface area (Å²) in [6.07, 6.45) is -0.00940. The molecule has 1 amide bonds. The van der Waals surface area contributed by atoms with Crippen LogP contribution in [0.3, 0.4) is 0 Å². The van der Waals surface area contributed by atoms with Crippen LogP contribution in [0.2, 0.25) is 0 Å². The summed E-state index contributed by atoms with van der Waals surface area (Å²) in [5, 5.41) is 3.00. The molecular weight excluding hydrogens is 318 g/mol. The Morgan fingerprint density at radius 1 is 0.960 bits per heavy atom. The van der Waals surface area contributed by atoms with Gasteiger partial charge in [0, 0.05) is 5.56 Å². The zero-order valence-electron chi connectivity index (χ0n) is 15.3. The highest BCUT2D eigenvalue weighted by Gasteiger charge is 2.19. The number of benzene rings is 2. The van der Waals surface area contributed by atoms with Crippen molar-refractivity contribution in [2.24, 2.45) is 0 Å². The van der Waals surface area contributed by atoms with Gasteiger partial charge in [-0.1, -0.05) is 12.1 Å². The number of hydrogen-bond acceptors (Lipinski definition) is 4. The number of rotatable bonds is 7. The van der Waals surface area contributed by atoms with Gasteiger partial charge in [-0.25, -0.2) is 0 Å². The van der Waals surface area contributed by atoms with Gasteiger partial charge in [-0.3, -0.25) is 4.79 Å². The van der Waals surface area contributed by atoms with Gasteiger partial charge in [-0.15, -0.1) is 0 Å². The van der Waals surface area contributed by atoms with Crippen molar-refractivity contribution < 1.29 is 19.0 Å². The molecule has 2 aromatic rings. The molecule has 0 aliphatic carbocycles. The van der Waals surface area contributed by atoms with Crippen LogP contribution in [0.1, 0.15) is 42.7 Å². The lowest BCUT2D eigenvalue weighted by Gasteiger charge is -2.19. The van der Waals surface area contributed by atoms with Gasteiger partial charge in [-0.2, -0.15) is 0 Å². The Hall–Kier alpha value is -2.69. The van der Waals surface area contributed by atoms with Crippen LogP contribution in [0.5, 0.6) is 17.2 Å². The summed E-state index contributed by atoms with van der Waals surface area (Å²) in [4.78, 5) is 12.7. The summed E-state index contributed by atoms with van der Waals surface area (Å²) in [6.45, 7) is 5.76. The lowest BCUT2D eigenvalue weighted by molar-refractivity contribution is 0.0933. The molecule has 0 saturated heterocycles. The summed E-state index contributed by atoms with van der Waals surface area (Å²) < 4.78 is 16.4. The molecule has 0 unspecified atom stereocenters. The van der Waals surface area contributed by atoms with Crippen LogP contribution in [0, 0.1) is 0 Å². The Morgan fingerprint density at radius 3 is 2.32 bits per heavy atom. The second-order valence-corrected chi connectivity index (χ2v) is 5.97. The molecule has 25 heavy (non-hydrogen) atoms. The van der Waals surface area contributed by atoms with Gasteiger partial charge < -0.3 is 19.5 Å². The van der Waals surface area contributed by atoms with Crippen molar-refractivity contribution >= 4 is 5.91 Å². The summed E-state index contributed by atoms with van der Waals surface area (Å²) in [7, 11) is 3.21. The summed E-state index contributed by atoms with van der Waals surface area (Å²) in [5.41, 5.74) is 1.35. The quantitative estimate of drug-likeness (QED) is 0.826. The van der Waals surface area contributed by atoms with Crippen LogP contribution in [-0.2, 0) is 0 Å². The molecule has 2 rings (SSSR count). The lowest BCUT2D eigenvalue weighted by Crippen LogP contribution is -2.27. The zero-order chi connectivity index (χ0) is 18.4. The third-order valence-electron chi connectivity index (χ3n) is 3.75. The first-order valence-electron chi connectivity index (χ1n) is 8.24. The molecule has 1 N–H and O–H groups in total. The van der Waals surface area contributed by atoms with Crippen LogP contribution < -0.4 is 19.5 Å². The van der Waals surface area contributed by atoms with E-state index in [1.54, 1.807) is 26.4 Å². The predicted octanol–water partition coefficient (Wildman–Crippen LogP) is 3.98. The Balaban J connectivity index is 2.24. The zero-order valence-corrected chi connectivity index (χ0v) is 15.3. The molecule has 0 saturated carbocycles. The number of nitrogens with one attached hydrogen (secondary N) is 1. The minimum Gasteiger partial charge on any atom is -0.497 e. The first-order valence-corrected chi connectivity index (χ1v) is 8.24. The third kappa shape index (κ3) is 4.66. The third-order valence-corrected chi connectivity index (χ3v) is 3.75. The number of para-hydroxylation sites is 1. The van der Waals surface area contributed by atoms with Crippen molar-refractivity contribution in [1.29, 1.82) is 0 Å². The van der Waals surface area contributed by atoms with E-state index < -0.39 is 0 Å². The standard InChI is InChI=1S/C20H25NO4/c1-13(2)25-19-9-7-6-8-16(19)20(22)21-14(3)17-12-15(23-4)10-11-18(17)24-5/h6-14H,1-5H3,(H,21,22)/t14-/m0/s1. The average Bonchev–Trinajstić information content (AvgIpc) is 2.60. The number of carbonyl (C=O) groups excluding carboxylic acids is 1. The smallest absolute Gasteiger partial charge is 0.255 e. The van der Waals surface area contributed by atoms with Crippen molar-refractivity contribution in [2.45, 2.75) is 32.9 Å². The fourth-order valence-electron chi connectivity index (χ4n) is 2.54. The number of amides is 1. The van der Waals surface area contributed by atoms with Gasteiger partial charge in [0.1, 0.15) is 17.2 Å². The molecule has 5 nitrogen and oxygen atoms in total. The first kappa shape index (κ1) is 18.6. The fourth-order valence-corrected chi connectivity index (χ4v) is 2.54. The average molecular weight is 343 g/mol. The van der Waals surface area contributed by atoms with Gasteiger partial charge in [0.25, 0.3) is 5.91 Å². The van der Waals surface area contributed by atoms with E-state index in [4.69, 9.17) is 14.2 Å². The molecule has 5 heteroatoms. The molecule has 2 aromatic carbocycles. The van der Waals surface area contributed by atoms with E-state index in [0.717, 1.165) is 5.56 Å². The van der Waals surface area contributed by atoms with E-state index in [9.17, 15) is 4.79 Å². The molecule has 134 valence electrons. The van der Waals surface area contributed by atoms with Crippen molar-refractivity contribution in [3.05, 3.63) is 53.6 Å². The number of ether oxygens (including phenoxy) is 3. The van der Waals surface area contributed by atoms with Crippen molar-refractivity contribution in [1.82, 2.24) is 5.32 Å². The molecule has 0 aliphatic heterocycles. The monoisotopic (exact) mass is 343 g/mol. The fraction of sp³-hybridized carbons (Fsp3) is 0.350. The topological polar surface area (TPSA) is 56.8 Å². The van der Waals surface area contributed by atoms with Gasteiger partial charge in [0.05, 0.1) is 31.9 Å². The summed E-state index contributed by atoms with van der Waals surface area (Å²) in [6, 6.07) is 12.5. The van der Waals surface area contributed by atoms with Crippen LogP contribution in [-0.4, -0.2) is 26.2 Å². The van der Waals surface area contributed by atoms with E-state index in [0.29, 0.717) is 22.8 Å². The minimum absolute atomic E-state index is 0.00940. The molecule has 0 bridgehead atoms. The van der Waals surface area contributed by atoms with Crippen molar-refractivity contribution in [3.63, 3.8) is 0 Å². The molecule has 0 radical (unpaired) electrons. The molecular formula is C20H25NO4. The van der Waals surface area contributed by atoms with E-state index in [1.165, 1.54) is 0 Å². The summed E-state index contributed by atoms with van der Waals surface area (Å²) in [5.74, 6) is 1.77. The van der Waals surface area contributed by atoms with Crippen LogP contribution >= 0.6 is 0 Å². The van der Waals surface area contributed by atoms with Crippen molar-refractivity contribution in [2.75, 3.05) is 14.2 Å². The molecule has 0 aromatic heterocycles. The highest BCUT2D eigenvalue weighted by atomic mass is 16.5. The highest BCUT2D eigenvalue weighted by Crippen LogP contribution is 2.30. The van der Waals surface area contributed by atoms with E-state index in [2.05, 4.69) is 5.32 Å².